The van der Waals surface area contributed by atoms with Crippen LogP contribution in [0.2, 0.25) is 0 Å². The van der Waals surface area contributed by atoms with E-state index in [0.717, 1.165) is 0 Å². The van der Waals surface area contributed by atoms with Crippen molar-refractivity contribution in [1.82, 2.24) is 0 Å². The summed E-state index contributed by atoms with van der Waals surface area (Å²) in [6, 6.07) is 0. The Labute approximate surface area is 106 Å². The number of alkyl halides is 1. The van der Waals surface area contributed by atoms with E-state index in [1.54, 1.807) is 0 Å². The molecule has 0 spiro atoms. The highest BCUT2D eigenvalue weighted by Crippen LogP contribution is 2.49. The Morgan fingerprint density at radius 3 is 2.65 bits per heavy atom. The molecular weight excluding hydrogens is 296 g/mol. The molecule has 17 heavy (non-hydrogen) atoms. The van der Waals surface area contributed by atoms with E-state index in [2.05, 4.69) is 20.7 Å². The molecule has 1 saturated heterocycles. The van der Waals surface area contributed by atoms with Crippen molar-refractivity contribution in [1.29, 1.82) is 0 Å². The average Bonchev–Trinajstić information content (AvgIpc) is 2.77. The van der Waals surface area contributed by atoms with Gasteiger partial charge >= 0.3 is 11.9 Å². The molecule has 0 aromatic heterocycles. The SMILES string of the molecule is COC(=O)[C@@H]1[C@H](O)[C@H](Br)[C@@H]2[C@@H](OC)OC(=O)[C@H]12. The predicted molar refractivity (Wildman–Crippen MR) is 58.1 cm³/mol. The van der Waals surface area contributed by atoms with Crippen molar-refractivity contribution in [3.63, 3.8) is 0 Å². The number of aliphatic hydroxyl groups is 1. The van der Waals surface area contributed by atoms with Crippen LogP contribution in [0.5, 0.6) is 0 Å². The van der Waals surface area contributed by atoms with E-state index in [-0.39, 0.29) is 5.92 Å². The molecule has 1 saturated carbocycles. The molecule has 1 N–H and O–H groups in total. The Hall–Kier alpha value is -0.660. The number of ether oxygens (including phenoxy) is 3. The van der Waals surface area contributed by atoms with E-state index in [4.69, 9.17) is 9.47 Å². The van der Waals surface area contributed by atoms with Crippen molar-refractivity contribution in [2.45, 2.75) is 17.2 Å². The molecule has 2 fully saturated rings. The van der Waals surface area contributed by atoms with Gasteiger partial charge in [-0.3, -0.25) is 9.59 Å². The number of hydrogen-bond donors (Lipinski definition) is 1. The smallest absolute Gasteiger partial charge is 0.312 e. The number of carbonyl (C=O) groups is 2. The molecule has 6 atom stereocenters. The fourth-order valence-corrected chi connectivity index (χ4v) is 3.50. The van der Waals surface area contributed by atoms with Gasteiger partial charge in [-0.1, -0.05) is 15.9 Å². The maximum atomic E-state index is 11.7. The summed E-state index contributed by atoms with van der Waals surface area (Å²) in [6.07, 6.45) is -1.72. The fourth-order valence-electron chi connectivity index (χ4n) is 2.60. The van der Waals surface area contributed by atoms with Crippen LogP contribution in [0.25, 0.3) is 0 Å². The van der Waals surface area contributed by atoms with Gasteiger partial charge in [0.1, 0.15) is 0 Å². The van der Waals surface area contributed by atoms with E-state index in [9.17, 15) is 14.7 Å². The lowest BCUT2D eigenvalue weighted by atomic mass is 9.91. The van der Waals surface area contributed by atoms with Crippen LogP contribution < -0.4 is 0 Å². The van der Waals surface area contributed by atoms with Crippen LogP contribution in [-0.2, 0) is 23.8 Å². The fraction of sp³-hybridized carbons (Fsp3) is 0.800. The zero-order valence-electron chi connectivity index (χ0n) is 9.33. The van der Waals surface area contributed by atoms with E-state index >= 15 is 0 Å². The van der Waals surface area contributed by atoms with Crippen molar-refractivity contribution in [3.05, 3.63) is 0 Å². The van der Waals surface area contributed by atoms with Gasteiger partial charge in [0.2, 0.25) is 6.29 Å². The first kappa shape index (κ1) is 12.8. The van der Waals surface area contributed by atoms with Gasteiger partial charge in [-0.15, -0.1) is 0 Å². The quantitative estimate of drug-likeness (QED) is 0.556. The summed E-state index contributed by atoms with van der Waals surface area (Å²) in [5.74, 6) is -3.14. The van der Waals surface area contributed by atoms with Crippen molar-refractivity contribution < 1.29 is 28.9 Å². The summed E-state index contributed by atoms with van der Waals surface area (Å²) in [4.78, 5) is 22.9. The first-order valence-corrected chi connectivity index (χ1v) is 6.07. The lowest BCUT2D eigenvalue weighted by Gasteiger charge is -2.19. The Morgan fingerprint density at radius 2 is 2.12 bits per heavy atom. The van der Waals surface area contributed by atoms with Crippen molar-refractivity contribution in [2.24, 2.45) is 17.8 Å². The molecule has 0 bridgehead atoms. The Kier molecular flexibility index (Phi) is 3.42. The van der Waals surface area contributed by atoms with E-state index < -0.39 is 41.0 Å². The molecule has 0 unspecified atom stereocenters. The van der Waals surface area contributed by atoms with Crippen molar-refractivity contribution >= 4 is 27.9 Å². The number of carbonyl (C=O) groups excluding carboxylic acids is 2. The van der Waals surface area contributed by atoms with Gasteiger partial charge in [0.05, 0.1) is 35.8 Å². The molecule has 2 aliphatic rings. The topological polar surface area (TPSA) is 82.1 Å². The largest absolute Gasteiger partial charge is 0.469 e. The van der Waals surface area contributed by atoms with E-state index in [1.165, 1.54) is 14.2 Å². The first-order chi connectivity index (χ1) is 8.02. The second-order valence-electron chi connectivity index (χ2n) is 4.13. The number of rotatable bonds is 2. The molecule has 0 radical (unpaired) electrons. The Morgan fingerprint density at radius 1 is 1.47 bits per heavy atom. The Bertz CT molecular complexity index is 346. The summed E-state index contributed by atoms with van der Waals surface area (Å²) in [5.41, 5.74) is 0. The van der Waals surface area contributed by atoms with Crippen LogP contribution in [0, 0.1) is 17.8 Å². The van der Waals surface area contributed by atoms with Crippen LogP contribution in [-0.4, -0.2) is 48.5 Å². The third kappa shape index (κ3) is 1.76. The third-order valence-electron chi connectivity index (χ3n) is 3.39. The maximum Gasteiger partial charge on any atom is 0.312 e. The molecule has 0 amide bonds. The number of cyclic esters (lactones) is 1. The third-order valence-corrected chi connectivity index (χ3v) is 4.54. The van der Waals surface area contributed by atoms with Gasteiger partial charge in [-0.05, 0) is 0 Å². The zero-order valence-corrected chi connectivity index (χ0v) is 10.9. The van der Waals surface area contributed by atoms with Crippen LogP contribution in [0.1, 0.15) is 0 Å². The molecular formula is C10H13BrO6. The summed E-state index contributed by atoms with van der Waals surface area (Å²) < 4.78 is 14.7. The normalized spacial score (nSPS) is 44.4. The standard InChI is InChI=1S/C10H13BrO6/c1-15-8(13)5-3-4(6(11)7(5)12)10(16-2)17-9(3)14/h3-7,10,12H,1-2H3/t3-,4+,5-,6+,7-,10-/m0/s1. The second-order valence-corrected chi connectivity index (χ2v) is 5.19. The van der Waals surface area contributed by atoms with Crippen molar-refractivity contribution in [3.8, 4) is 0 Å². The summed E-state index contributed by atoms with van der Waals surface area (Å²) >= 11 is 3.29. The molecule has 1 heterocycles. The number of hydrogen-bond acceptors (Lipinski definition) is 6. The second kappa shape index (κ2) is 4.55. The molecule has 96 valence electrons. The summed E-state index contributed by atoms with van der Waals surface area (Å²) in [5, 5.41) is 9.98. The number of fused-ring (bicyclic) bond motifs is 1. The van der Waals surface area contributed by atoms with Crippen LogP contribution in [0.4, 0.5) is 0 Å². The van der Waals surface area contributed by atoms with Crippen LogP contribution in [0.15, 0.2) is 0 Å². The lowest BCUT2D eigenvalue weighted by molar-refractivity contribution is -0.167. The zero-order chi connectivity index (χ0) is 12.7. The van der Waals surface area contributed by atoms with E-state index in [1.807, 2.05) is 0 Å². The number of aliphatic hydroxyl groups excluding tert-OH is 1. The summed E-state index contributed by atoms with van der Waals surface area (Å²) in [6.45, 7) is 0. The van der Waals surface area contributed by atoms with Crippen molar-refractivity contribution in [2.75, 3.05) is 14.2 Å². The van der Waals surface area contributed by atoms with Gasteiger partial charge in [0.15, 0.2) is 0 Å². The lowest BCUT2D eigenvalue weighted by Crippen LogP contribution is -2.34. The molecule has 7 heteroatoms. The van der Waals surface area contributed by atoms with E-state index in [0.29, 0.717) is 0 Å². The highest BCUT2D eigenvalue weighted by atomic mass is 79.9. The van der Waals surface area contributed by atoms with Gasteiger partial charge < -0.3 is 19.3 Å². The minimum atomic E-state index is -0.983. The monoisotopic (exact) mass is 308 g/mol. The highest BCUT2D eigenvalue weighted by molar-refractivity contribution is 9.09. The molecule has 2 rings (SSSR count). The van der Waals surface area contributed by atoms with Gasteiger partial charge in [0, 0.05) is 7.11 Å². The minimum absolute atomic E-state index is 0.383. The average molecular weight is 309 g/mol. The van der Waals surface area contributed by atoms with Crippen LogP contribution in [0.3, 0.4) is 0 Å². The maximum absolute atomic E-state index is 11.7. The number of halogens is 1. The molecule has 1 aliphatic heterocycles. The van der Waals surface area contributed by atoms with Gasteiger partial charge in [-0.25, -0.2) is 0 Å². The van der Waals surface area contributed by atoms with Gasteiger partial charge in [0.25, 0.3) is 0 Å². The van der Waals surface area contributed by atoms with Crippen LogP contribution >= 0.6 is 15.9 Å². The molecule has 0 aromatic carbocycles. The molecule has 1 aliphatic carbocycles. The first-order valence-electron chi connectivity index (χ1n) is 5.16. The number of methoxy groups -OCH3 is 2. The predicted octanol–water partition coefficient (Wildman–Crippen LogP) is -0.325. The minimum Gasteiger partial charge on any atom is -0.469 e. The highest BCUT2D eigenvalue weighted by Gasteiger charge is 2.63. The van der Waals surface area contributed by atoms with Gasteiger partial charge in [-0.2, -0.15) is 0 Å². The molecule has 0 aromatic rings. The summed E-state index contributed by atoms with van der Waals surface area (Å²) in [7, 11) is 2.64. The number of esters is 2. The molecule has 6 nitrogen and oxygen atoms in total. The Balaban J connectivity index is 2.32.